The van der Waals surface area contributed by atoms with Crippen molar-refractivity contribution in [1.29, 1.82) is 0 Å². The van der Waals surface area contributed by atoms with Crippen LogP contribution in [0.1, 0.15) is 31.7 Å². The molecule has 0 bridgehead atoms. The van der Waals surface area contributed by atoms with Gasteiger partial charge in [-0.1, -0.05) is 42.5 Å². The molecule has 0 aliphatic carbocycles. The summed E-state index contributed by atoms with van der Waals surface area (Å²) in [7, 11) is 0. The van der Waals surface area contributed by atoms with Gasteiger partial charge in [0.05, 0.1) is 11.4 Å². The van der Waals surface area contributed by atoms with E-state index in [-0.39, 0.29) is 5.91 Å². The summed E-state index contributed by atoms with van der Waals surface area (Å²) in [5, 5.41) is 6.63. The van der Waals surface area contributed by atoms with Crippen LogP contribution in [0.3, 0.4) is 0 Å². The number of nitrogens with zero attached hydrogens (tertiary/aromatic N) is 1. The molecule has 2 aliphatic heterocycles. The van der Waals surface area contributed by atoms with Gasteiger partial charge in [-0.05, 0) is 50.3 Å². The number of hydrogen-bond donors (Lipinski definition) is 2. The van der Waals surface area contributed by atoms with Crippen LogP contribution >= 0.6 is 0 Å². The van der Waals surface area contributed by atoms with Gasteiger partial charge in [0, 0.05) is 19.1 Å². The summed E-state index contributed by atoms with van der Waals surface area (Å²) in [6.07, 6.45) is 3.96. The number of fused-ring (bicyclic) bond motifs is 1. The average molecular weight is 349 g/mol. The first-order chi connectivity index (χ1) is 12.7. The second kappa shape index (κ2) is 7.12. The number of carbonyl (C=O) groups is 1. The van der Waals surface area contributed by atoms with Crippen molar-refractivity contribution in [2.75, 3.05) is 23.7 Å². The Bertz CT molecular complexity index is 766. The van der Waals surface area contributed by atoms with Crippen molar-refractivity contribution < 1.29 is 4.79 Å². The largest absolute Gasteiger partial charge is 0.369 e. The molecule has 1 saturated heterocycles. The number of benzene rings is 2. The zero-order valence-electron chi connectivity index (χ0n) is 15.4. The van der Waals surface area contributed by atoms with Gasteiger partial charge in [0.2, 0.25) is 5.91 Å². The number of amides is 1. The maximum Gasteiger partial charge on any atom is 0.250 e. The molecule has 136 valence electrons. The van der Waals surface area contributed by atoms with Crippen LogP contribution in [0, 0.1) is 0 Å². The molecule has 2 aromatic rings. The van der Waals surface area contributed by atoms with Gasteiger partial charge in [-0.15, -0.1) is 0 Å². The maximum absolute atomic E-state index is 12.7. The second-order valence-electron chi connectivity index (χ2n) is 7.62. The van der Waals surface area contributed by atoms with E-state index in [4.69, 9.17) is 0 Å². The molecule has 4 heteroatoms. The summed E-state index contributed by atoms with van der Waals surface area (Å²) in [5.74, 6) is 0.118. The van der Waals surface area contributed by atoms with E-state index in [1.807, 2.05) is 24.3 Å². The summed E-state index contributed by atoms with van der Waals surface area (Å²) in [6, 6.07) is 19.2. The predicted molar refractivity (Wildman–Crippen MR) is 106 cm³/mol. The molecule has 4 rings (SSSR count). The second-order valence-corrected chi connectivity index (χ2v) is 7.62. The Kier molecular flexibility index (Phi) is 4.68. The Labute approximate surface area is 155 Å². The predicted octanol–water partition coefficient (Wildman–Crippen LogP) is 3.91. The number of carbonyl (C=O) groups excluding carboxylic acids is 1. The summed E-state index contributed by atoms with van der Waals surface area (Å²) >= 11 is 0. The van der Waals surface area contributed by atoms with Gasteiger partial charge in [-0.2, -0.15) is 0 Å². The quantitative estimate of drug-likeness (QED) is 0.880. The number of aryl methyl sites for hydroxylation is 1. The third kappa shape index (κ3) is 3.34. The molecule has 4 nitrogen and oxygen atoms in total. The summed E-state index contributed by atoms with van der Waals surface area (Å²) < 4.78 is 0. The monoisotopic (exact) mass is 349 g/mol. The standard InChI is InChI=1S/C22H27N3O/c1-17(11-12-18-7-3-2-4-8-18)25-15-13-22(14-16-25)21(26)23-19-9-5-6-10-20(19)24-22/h2-10,17,24H,11-16H2,1H3,(H,23,26)/t17-/m0/s1. The molecular weight excluding hydrogens is 322 g/mol. The molecule has 0 unspecified atom stereocenters. The fourth-order valence-corrected chi connectivity index (χ4v) is 4.16. The molecule has 0 aromatic heterocycles. The van der Waals surface area contributed by atoms with Gasteiger partial charge in [0.1, 0.15) is 5.54 Å². The lowest BCUT2D eigenvalue weighted by Crippen LogP contribution is -2.59. The van der Waals surface area contributed by atoms with E-state index in [0.29, 0.717) is 6.04 Å². The number of nitrogens with one attached hydrogen (secondary N) is 2. The normalized spacial score (nSPS) is 20.1. The highest BCUT2D eigenvalue weighted by atomic mass is 16.2. The third-order valence-electron chi connectivity index (χ3n) is 5.95. The van der Waals surface area contributed by atoms with E-state index < -0.39 is 5.54 Å². The van der Waals surface area contributed by atoms with Crippen LogP contribution in [0.2, 0.25) is 0 Å². The van der Waals surface area contributed by atoms with Crippen LogP contribution in [0.4, 0.5) is 11.4 Å². The Morgan fingerprint density at radius 1 is 1.00 bits per heavy atom. The van der Waals surface area contributed by atoms with Gasteiger partial charge in [0.15, 0.2) is 0 Å². The molecule has 2 N–H and O–H groups in total. The van der Waals surface area contributed by atoms with E-state index in [2.05, 4.69) is 52.8 Å². The molecule has 2 aliphatic rings. The summed E-state index contributed by atoms with van der Waals surface area (Å²) in [5.41, 5.74) is 2.88. The van der Waals surface area contributed by atoms with Crippen molar-refractivity contribution in [2.24, 2.45) is 0 Å². The highest BCUT2D eigenvalue weighted by Crippen LogP contribution is 2.36. The molecular formula is C22H27N3O. The zero-order valence-corrected chi connectivity index (χ0v) is 15.4. The lowest BCUT2D eigenvalue weighted by Gasteiger charge is -2.45. The first-order valence-corrected chi connectivity index (χ1v) is 9.63. The van der Waals surface area contributed by atoms with Crippen molar-refractivity contribution >= 4 is 17.3 Å². The molecule has 1 atom stereocenters. The zero-order chi connectivity index (χ0) is 18.0. The van der Waals surface area contributed by atoms with Crippen molar-refractivity contribution in [3.05, 3.63) is 60.2 Å². The lowest BCUT2D eigenvalue weighted by atomic mass is 9.83. The fraction of sp³-hybridized carbons (Fsp3) is 0.409. The highest BCUT2D eigenvalue weighted by Gasteiger charge is 2.44. The van der Waals surface area contributed by atoms with Crippen LogP contribution < -0.4 is 10.6 Å². The van der Waals surface area contributed by atoms with Crippen molar-refractivity contribution in [3.8, 4) is 0 Å². The number of para-hydroxylation sites is 2. The van der Waals surface area contributed by atoms with Crippen molar-refractivity contribution in [1.82, 2.24) is 4.90 Å². The van der Waals surface area contributed by atoms with Gasteiger partial charge in [-0.3, -0.25) is 4.79 Å². The van der Waals surface area contributed by atoms with E-state index in [1.54, 1.807) is 0 Å². The minimum Gasteiger partial charge on any atom is -0.369 e. The Morgan fingerprint density at radius 3 is 2.38 bits per heavy atom. The number of likely N-dealkylation sites (tertiary alicyclic amines) is 1. The molecule has 1 spiro atoms. The molecule has 26 heavy (non-hydrogen) atoms. The van der Waals surface area contributed by atoms with Gasteiger partial charge < -0.3 is 15.5 Å². The Morgan fingerprint density at radius 2 is 1.65 bits per heavy atom. The molecule has 2 aromatic carbocycles. The molecule has 0 saturated carbocycles. The topological polar surface area (TPSA) is 44.4 Å². The van der Waals surface area contributed by atoms with Crippen LogP contribution in [-0.4, -0.2) is 35.5 Å². The SMILES string of the molecule is C[C@@H](CCc1ccccc1)N1CCC2(CC1)Nc1ccccc1NC2=O. The minimum absolute atomic E-state index is 0.118. The smallest absolute Gasteiger partial charge is 0.250 e. The average Bonchev–Trinajstić information content (AvgIpc) is 2.68. The summed E-state index contributed by atoms with van der Waals surface area (Å²) in [4.78, 5) is 15.3. The van der Waals surface area contributed by atoms with E-state index >= 15 is 0 Å². The maximum atomic E-state index is 12.7. The molecule has 1 fully saturated rings. The number of rotatable bonds is 4. The Hall–Kier alpha value is -2.33. The highest BCUT2D eigenvalue weighted by molar-refractivity contribution is 6.06. The van der Waals surface area contributed by atoms with Crippen LogP contribution in [-0.2, 0) is 11.2 Å². The molecule has 2 heterocycles. The van der Waals surface area contributed by atoms with Gasteiger partial charge in [0.25, 0.3) is 0 Å². The Balaban J connectivity index is 1.36. The first-order valence-electron chi connectivity index (χ1n) is 9.63. The minimum atomic E-state index is -0.454. The van der Waals surface area contributed by atoms with E-state index in [1.165, 1.54) is 5.56 Å². The van der Waals surface area contributed by atoms with Crippen molar-refractivity contribution in [2.45, 2.75) is 44.2 Å². The van der Waals surface area contributed by atoms with E-state index in [0.717, 1.165) is 50.1 Å². The lowest BCUT2D eigenvalue weighted by molar-refractivity contribution is -0.122. The molecule has 0 radical (unpaired) electrons. The van der Waals surface area contributed by atoms with Crippen LogP contribution in [0.25, 0.3) is 0 Å². The molecule has 1 amide bonds. The number of piperidine rings is 1. The number of anilines is 2. The number of hydrogen-bond acceptors (Lipinski definition) is 3. The third-order valence-corrected chi connectivity index (χ3v) is 5.95. The van der Waals surface area contributed by atoms with Crippen molar-refractivity contribution in [3.63, 3.8) is 0 Å². The van der Waals surface area contributed by atoms with Gasteiger partial charge >= 0.3 is 0 Å². The van der Waals surface area contributed by atoms with Crippen LogP contribution in [0.15, 0.2) is 54.6 Å². The van der Waals surface area contributed by atoms with Crippen LogP contribution in [0.5, 0.6) is 0 Å². The van der Waals surface area contributed by atoms with Gasteiger partial charge in [-0.25, -0.2) is 0 Å². The fourth-order valence-electron chi connectivity index (χ4n) is 4.16. The van der Waals surface area contributed by atoms with E-state index in [9.17, 15) is 4.79 Å². The summed E-state index contributed by atoms with van der Waals surface area (Å²) in [6.45, 7) is 4.22. The first kappa shape index (κ1) is 17.1.